The lowest BCUT2D eigenvalue weighted by Crippen LogP contribution is -2.26. The number of sulfonamides is 1. The van der Waals surface area contributed by atoms with Crippen molar-refractivity contribution in [3.05, 3.63) is 59.2 Å². The standard InChI is InChI=1S/C19H20N2O6S/c1-27-17-10-13(6-7-16(17)19(23)24)12-20-18(22)14-4-2-5-15(11-14)21-8-3-9-28(21,25)26/h2,4-7,10-11H,3,8-9,12H2,1H3,(H,20,22)(H,23,24). The van der Waals surface area contributed by atoms with Gasteiger partial charge in [-0.2, -0.15) is 0 Å². The summed E-state index contributed by atoms with van der Waals surface area (Å²) in [5, 5.41) is 11.9. The number of amides is 1. The van der Waals surface area contributed by atoms with Gasteiger partial charge in [-0.05, 0) is 42.3 Å². The summed E-state index contributed by atoms with van der Waals surface area (Å²) in [7, 11) is -1.94. The zero-order valence-electron chi connectivity index (χ0n) is 15.2. The quantitative estimate of drug-likeness (QED) is 0.760. The van der Waals surface area contributed by atoms with Gasteiger partial charge in [-0.1, -0.05) is 12.1 Å². The summed E-state index contributed by atoms with van der Waals surface area (Å²) in [6.07, 6.45) is 0.562. The minimum Gasteiger partial charge on any atom is -0.496 e. The third-order valence-corrected chi connectivity index (χ3v) is 6.31. The van der Waals surface area contributed by atoms with Gasteiger partial charge in [-0.15, -0.1) is 0 Å². The Balaban J connectivity index is 1.72. The molecule has 2 N–H and O–H groups in total. The van der Waals surface area contributed by atoms with Crippen LogP contribution in [-0.2, 0) is 16.6 Å². The monoisotopic (exact) mass is 404 g/mol. The van der Waals surface area contributed by atoms with Gasteiger partial charge in [-0.25, -0.2) is 13.2 Å². The van der Waals surface area contributed by atoms with Crippen LogP contribution in [0.3, 0.4) is 0 Å². The van der Waals surface area contributed by atoms with Crippen molar-refractivity contribution in [3.63, 3.8) is 0 Å². The largest absolute Gasteiger partial charge is 0.496 e. The highest BCUT2D eigenvalue weighted by molar-refractivity contribution is 7.93. The predicted molar refractivity (Wildman–Crippen MR) is 103 cm³/mol. The van der Waals surface area contributed by atoms with Crippen molar-refractivity contribution in [2.75, 3.05) is 23.7 Å². The Morgan fingerprint density at radius 2 is 2.00 bits per heavy atom. The van der Waals surface area contributed by atoms with E-state index in [4.69, 9.17) is 9.84 Å². The lowest BCUT2D eigenvalue weighted by atomic mass is 10.1. The van der Waals surface area contributed by atoms with Crippen molar-refractivity contribution >= 4 is 27.6 Å². The summed E-state index contributed by atoms with van der Waals surface area (Å²) in [6.45, 7) is 0.574. The molecule has 2 aromatic carbocycles. The van der Waals surface area contributed by atoms with Crippen molar-refractivity contribution < 1.29 is 27.9 Å². The first-order valence-electron chi connectivity index (χ1n) is 8.61. The molecule has 0 atom stereocenters. The van der Waals surface area contributed by atoms with Gasteiger partial charge in [-0.3, -0.25) is 9.10 Å². The van der Waals surface area contributed by atoms with E-state index in [2.05, 4.69) is 5.32 Å². The number of nitrogens with zero attached hydrogens (tertiary/aromatic N) is 1. The van der Waals surface area contributed by atoms with Gasteiger partial charge < -0.3 is 15.2 Å². The van der Waals surface area contributed by atoms with Crippen molar-refractivity contribution in [2.24, 2.45) is 0 Å². The van der Waals surface area contributed by atoms with Crippen LogP contribution in [0.25, 0.3) is 0 Å². The molecule has 0 aromatic heterocycles. The third-order valence-electron chi connectivity index (χ3n) is 4.45. The zero-order valence-corrected chi connectivity index (χ0v) is 16.0. The van der Waals surface area contributed by atoms with Gasteiger partial charge in [0.25, 0.3) is 5.91 Å². The van der Waals surface area contributed by atoms with Crippen LogP contribution in [0.2, 0.25) is 0 Å². The molecule has 8 nitrogen and oxygen atoms in total. The second-order valence-electron chi connectivity index (χ2n) is 6.31. The molecule has 0 radical (unpaired) electrons. The number of aromatic carboxylic acids is 1. The number of ether oxygens (including phenoxy) is 1. The number of benzene rings is 2. The van der Waals surface area contributed by atoms with E-state index in [1.54, 1.807) is 36.4 Å². The van der Waals surface area contributed by atoms with E-state index in [-0.39, 0.29) is 29.5 Å². The zero-order chi connectivity index (χ0) is 20.3. The first-order valence-corrected chi connectivity index (χ1v) is 10.2. The maximum absolute atomic E-state index is 12.5. The molecule has 1 amide bonds. The lowest BCUT2D eigenvalue weighted by Gasteiger charge is -2.17. The van der Waals surface area contributed by atoms with Crippen LogP contribution < -0.4 is 14.4 Å². The average molecular weight is 404 g/mol. The summed E-state index contributed by atoms with van der Waals surface area (Å²) in [5.74, 6) is -1.14. The molecule has 1 heterocycles. The third kappa shape index (κ3) is 4.09. The first kappa shape index (κ1) is 19.7. The minimum absolute atomic E-state index is 0.0390. The first-order chi connectivity index (χ1) is 13.3. The van der Waals surface area contributed by atoms with E-state index in [1.807, 2.05) is 0 Å². The fourth-order valence-corrected chi connectivity index (χ4v) is 4.59. The summed E-state index contributed by atoms with van der Waals surface area (Å²) in [6, 6.07) is 11.0. The Morgan fingerprint density at radius 3 is 2.64 bits per heavy atom. The molecule has 1 saturated heterocycles. The van der Waals surface area contributed by atoms with Crippen molar-refractivity contribution in [3.8, 4) is 5.75 Å². The molecule has 28 heavy (non-hydrogen) atoms. The summed E-state index contributed by atoms with van der Waals surface area (Å²) >= 11 is 0. The van der Waals surface area contributed by atoms with Gasteiger partial charge in [0.15, 0.2) is 0 Å². The number of carbonyl (C=O) groups is 2. The van der Waals surface area contributed by atoms with Crippen molar-refractivity contribution in [2.45, 2.75) is 13.0 Å². The van der Waals surface area contributed by atoms with Gasteiger partial charge in [0.2, 0.25) is 10.0 Å². The number of carboxylic acid groups (broad SMARTS) is 1. The van der Waals surface area contributed by atoms with Crippen LogP contribution in [0, 0.1) is 0 Å². The Labute approximate surface area is 162 Å². The van der Waals surface area contributed by atoms with Gasteiger partial charge in [0, 0.05) is 18.7 Å². The van der Waals surface area contributed by atoms with Crippen LogP contribution >= 0.6 is 0 Å². The second kappa shape index (κ2) is 7.89. The van der Waals surface area contributed by atoms with E-state index in [9.17, 15) is 18.0 Å². The van der Waals surface area contributed by atoms with Crippen LogP contribution in [0.15, 0.2) is 42.5 Å². The molecule has 0 spiro atoms. The molecule has 0 aliphatic carbocycles. The number of carbonyl (C=O) groups excluding carboxylic acids is 1. The number of rotatable bonds is 6. The lowest BCUT2D eigenvalue weighted by molar-refractivity contribution is 0.0693. The summed E-state index contributed by atoms with van der Waals surface area (Å²) < 4.78 is 30.5. The molecular weight excluding hydrogens is 384 g/mol. The molecule has 0 saturated carbocycles. The molecular formula is C19H20N2O6S. The van der Waals surface area contributed by atoms with Crippen molar-refractivity contribution in [1.82, 2.24) is 5.32 Å². The van der Waals surface area contributed by atoms with E-state index in [0.29, 0.717) is 29.8 Å². The fourth-order valence-electron chi connectivity index (χ4n) is 3.04. The number of hydrogen-bond donors (Lipinski definition) is 2. The smallest absolute Gasteiger partial charge is 0.339 e. The van der Waals surface area contributed by atoms with E-state index < -0.39 is 16.0 Å². The number of carboxylic acids is 1. The molecule has 2 aromatic rings. The van der Waals surface area contributed by atoms with E-state index in [1.165, 1.54) is 17.5 Å². The average Bonchev–Trinajstić information content (AvgIpc) is 3.04. The molecule has 148 valence electrons. The highest BCUT2D eigenvalue weighted by Gasteiger charge is 2.28. The number of hydrogen-bond acceptors (Lipinski definition) is 5. The number of nitrogens with one attached hydrogen (secondary N) is 1. The molecule has 0 bridgehead atoms. The SMILES string of the molecule is COc1cc(CNC(=O)c2cccc(N3CCCS3(=O)=O)c2)ccc1C(=O)O. The predicted octanol–water partition coefficient (Wildman–Crippen LogP) is 1.86. The molecule has 9 heteroatoms. The fraction of sp³-hybridized carbons (Fsp3) is 0.263. The van der Waals surface area contributed by atoms with E-state index >= 15 is 0 Å². The van der Waals surface area contributed by atoms with Crippen LogP contribution in [-0.4, -0.2) is 44.8 Å². The van der Waals surface area contributed by atoms with Gasteiger partial charge in [0.05, 0.1) is 18.6 Å². The highest BCUT2D eigenvalue weighted by Crippen LogP contribution is 2.25. The van der Waals surface area contributed by atoms with Crippen LogP contribution in [0.4, 0.5) is 5.69 Å². The van der Waals surface area contributed by atoms with Gasteiger partial charge in [0.1, 0.15) is 11.3 Å². The molecule has 0 unspecified atom stereocenters. The summed E-state index contributed by atoms with van der Waals surface area (Å²) in [5.41, 5.74) is 1.52. The van der Waals surface area contributed by atoms with Gasteiger partial charge >= 0.3 is 5.97 Å². The topological polar surface area (TPSA) is 113 Å². The minimum atomic E-state index is -3.32. The van der Waals surface area contributed by atoms with E-state index in [0.717, 1.165) is 0 Å². The summed E-state index contributed by atoms with van der Waals surface area (Å²) in [4.78, 5) is 23.6. The number of anilines is 1. The molecule has 1 aliphatic heterocycles. The second-order valence-corrected chi connectivity index (χ2v) is 8.33. The molecule has 3 rings (SSSR count). The van der Waals surface area contributed by atoms with Crippen LogP contribution in [0.5, 0.6) is 5.75 Å². The molecule has 1 aliphatic rings. The Hall–Kier alpha value is -3.07. The Kier molecular flexibility index (Phi) is 5.55. The number of methoxy groups -OCH3 is 1. The van der Waals surface area contributed by atoms with Crippen LogP contribution in [0.1, 0.15) is 32.7 Å². The normalized spacial score (nSPS) is 15.2. The Morgan fingerprint density at radius 1 is 1.21 bits per heavy atom. The highest BCUT2D eigenvalue weighted by atomic mass is 32.2. The maximum Gasteiger partial charge on any atom is 0.339 e. The molecule has 1 fully saturated rings. The maximum atomic E-state index is 12.5. The van der Waals surface area contributed by atoms with Crippen molar-refractivity contribution in [1.29, 1.82) is 0 Å². The Bertz CT molecular complexity index is 1020.